The predicted octanol–water partition coefficient (Wildman–Crippen LogP) is 0.742. The number of furan rings is 1. The van der Waals surface area contributed by atoms with Gasteiger partial charge >= 0.3 is 11.9 Å². The Hall–Kier alpha value is -2.27. The fraction of sp³-hybridized carbons (Fsp3) is 0.375. The number of nitrogens with one attached hydrogen (secondary N) is 1. The second kappa shape index (κ2) is 7.77. The molecular formula is C16H15BrN2O7S. The molecule has 3 rings (SSSR count). The number of nitrogens with zero attached hydrogens (tertiary/aromatic N) is 1. The average molecular weight is 459 g/mol. The lowest BCUT2D eigenvalue weighted by Gasteiger charge is -2.49. The van der Waals surface area contributed by atoms with Crippen LogP contribution in [0, 0.1) is 0 Å². The van der Waals surface area contributed by atoms with Crippen molar-refractivity contribution in [1.82, 2.24) is 10.2 Å². The minimum absolute atomic E-state index is 0.0175. The maximum Gasteiger partial charge on any atom is 0.373 e. The van der Waals surface area contributed by atoms with E-state index in [4.69, 9.17) is 4.42 Å². The third kappa shape index (κ3) is 3.61. The molecule has 2 N–H and O–H groups in total. The Morgan fingerprint density at radius 2 is 2.19 bits per heavy atom. The molecule has 0 aliphatic carbocycles. The third-order valence-electron chi connectivity index (χ3n) is 4.12. The van der Waals surface area contributed by atoms with Crippen LogP contribution < -0.4 is 5.32 Å². The number of alkyl halides is 1. The van der Waals surface area contributed by atoms with Gasteiger partial charge in [-0.05, 0) is 17.7 Å². The second-order valence-corrected chi connectivity index (χ2v) is 7.45. The summed E-state index contributed by atoms with van der Waals surface area (Å²) in [4.78, 5) is 48.3. The van der Waals surface area contributed by atoms with Crippen LogP contribution >= 0.6 is 27.7 Å². The van der Waals surface area contributed by atoms with E-state index in [1.807, 2.05) is 0 Å². The monoisotopic (exact) mass is 458 g/mol. The quantitative estimate of drug-likeness (QED) is 0.363. The number of methoxy groups -OCH3 is 1. The van der Waals surface area contributed by atoms with Crippen molar-refractivity contribution in [3.05, 3.63) is 34.9 Å². The summed E-state index contributed by atoms with van der Waals surface area (Å²) in [6.07, 6.45) is 0.139. The zero-order valence-electron chi connectivity index (χ0n) is 14.1. The van der Waals surface area contributed by atoms with E-state index in [1.54, 1.807) is 6.07 Å². The van der Waals surface area contributed by atoms with Crippen LogP contribution in [0.1, 0.15) is 16.3 Å². The summed E-state index contributed by atoms with van der Waals surface area (Å²) in [6, 6.07) is 2.26. The van der Waals surface area contributed by atoms with Crippen LogP contribution in [0.4, 0.5) is 0 Å². The largest absolute Gasteiger partial charge is 0.477 e. The van der Waals surface area contributed by atoms with E-state index in [0.29, 0.717) is 17.1 Å². The van der Waals surface area contributed by atoms with E-state index in [9.17, 15) is 24.3 Å². The van der Waals surface area contributed by atoms with Gasteiger partial charge in [-0.2, -0.15) is 0 Å². The molecule has 9 nitrogen and oxygen atoms in total. The Kier molecular flexibility index (Phi) is 5.61. The summed E-state index contributed by atoms with van der Waals surface area (Å²) in [5, 5.41) is 11.8. The molecule has 27 heavy (non-hydrogen) atoms. The lowest BCUT2D eigenvalue weighted by atomic mass is 10.0. The second-order valence-electron chi connectivity index (χ2n) is 5.78. The summed E-state index contributed by atoms with van der Waals surface area (Å²) < 4.78 is 9.96. The fourth-order valence-electron chi connectivity index (χ4n) is 2.92. The van der Waals surface area contributed by atoms with Gasteiger partial charge in [-0.25, -0.2) is 9.59 Å². The van der Waals surface area contributed by atoms with Crippen molar-refractivity contribution >= 4 is 51.4 Å². The van der Waals surface area contributed by atoms with Crippen LogP contribution in [0.5, 0.6) is 0 Å². The maximum atomic E-state index is 12.4. The lowest BCUT2D eigenvalue weighted by Crippen LogP contribution is -2.70. The molecule has 2 aliphatic heterocycles. The van der Waals surface area contributed by atoms with E-state index in [1.165, 1.54) is 29.8 Å². The van der Waals surface area contributed by atoms with Gasteiger partial charge in [-0.15, -0.1) is 11.8 Å². The number of carbonyl (C=O) groups is 4. The van der Waals surface area contributed by atoms with Crippen LogP contribution in [-0.2, 0) is 25.5 Å². The summed E-state index contributed by atoms with van der Waals surface area (Å²) >= 11 is 4.38. The number of aliphatic carboxylic acids is 1. The van der Waals surface area contributed by atoms with Crippen LogP contribution in [0.25, 0.3) is 0 Å². The van der Waals surface area contributed by atoms with Gasteiger partial charge in [0.05, 0.1) is 12.4 Å². The Labute approximate surface area is 166 Å². The maximum absolute atomic E-state index is 12.4. The number of esters is 1. The Morgan fingerprint density at radius 3 is 2.81 bits per heavy atom. The number of hydrogen-bond donors (Lipinski definition) is 2. The van der Waals surface area contributed by atoms with E-state index in [0.717, 1.165) is 0 Å². The number of carboxylic acid groups (broad SMARTS) is 1. The number of thioether (sulfide) groups is 1. The molecule has 0 saturated carbocycles. The molecule has 0 bridgehead atoms. The molecule has 11 heteroatoms. The minimum Gasteiger partial charge on any atom is -0.477 e. The van der Waals surface area contributed by atoms with Crippen molar-refractivity contribution < 1.29 is 33.4 Å². The molecule has 144 valence electrons. The predicted molar refractivity (Wildman–Crippen MR) is 97.2 cm³/mol. The number of hydrogen-bond acceptors (Lipinski definition) is 7. The first-order valence-electron chi connectivity index (χ1n) is 7.79. The highest BCUT2D eigenvalue weighted by Crippen LogP contribution is 2.41. The molecule has 0 unspecified atom stereocenters. The van der Waals surface area contributed by atoms with Gasteiger partial charge in [0.15, 0.2) is 0 Å². The molecule has 2 aliphatic rings. The highest BCUT2D eigenvalue weighted by atomic mass is 79.9. The molecule has 1 saturated heterocycles. The minimum atomic E-state index is -1.23. The Balaban J connectivity index is 1.82. The fourth-order valence-corrected chi connectivity index (χ4v) is 4.43. The number of carbonyl (C=O) groups excluding carboxylic acids is 3. The Morgan fingerprint density at radius 1 is 1.44 bits per heavy atom. The summed E-state index contributed by atoms with van der Waals surface area (Å²) in [5.41, 5.74) is 0.386. The number of ether oxygens (including phenoxy) is 1. The number of rotatable bonds is 6. The number of amides is 2. The molecule has 2 amide bonds. The van der Waals surface area contributed by atoms with Crippen LogP contribution in [0.3, 0.4) is 0 Å². The normalized spacial score (nSPS) is 21.4. The zero-order valence-corrected chi connectivity index (χ0v) is 16.5. The van der Waals surface area contributed by atoms with Crippen LogP contribution in [0.2, 0.25) is 0 Å². The zero-order chi connectivity index (χ0) is 19.7. The molecule has 1 aromatic heterocycles. The standard InChI is InChI=1S/C16H15BrN2O7S/c1-25-16(24)9-3-2-8(26-9)4-7-6-27-14-11(18-10(20)5-17)13(21)19(14)12(7)15(22)23/h2-3,11,14H,4-6H2,1H3,(H,18,20)(H,22,23)/t11-,14+/m1/s1. The van der Waals surface area contributed by atoms with Crippen molar-refractivity contribution in [3.8, 4) is 0 Å². The molecule has 1 fully saturated rings. The van der Waals surface area contributed by atoms with E-state index >= 15 is 0 Å². The summed E-state index contributed by atoms with van der Waals surface area (Å²) in [6.45, 7) is 0. The highest BCUT2D eigenvalue weighted by molar-refractivity contribution is 9.09. The SMILES string of the molecule is COC(=O)c1ccc(CC2=C(C(=O)O)N3C(=O)[C@@H](NC(=O)CBr)[C@@H]3SC2)o1. The number of fused-ring (bicyclic) bond motifs is 1. The topological polar surface area (TPSA) is 126 Å². The van der Waals surface area contributed by atoms with E-state index in [2.05, 4.69) is 26.0 Å². The van der Waals surface area contributed by atoms with Crippen molar-refractivity contribution in [3.63, 3.8) is 0 Å². The summed E-state index contributed by atoms with van der Waals surface area (Å²) in [7, 11) is 1.23. The molecule has 3 heterocycles. The molecule has 0 aromatic carbocycles. The van der Waals surface area contributed by atoms with Crippen LogP contribution in [0.15, 0.2) is 27.8 Å². The number of halogens is 1. The van der Waals surface area contributed by atoms with Gasteiger partial charge in [0, 0.05) is 12.2 Å². The van der Waals surface area contributed by atoms with Gasteiger partial charge in [0.25, 0.3) is 5.91 Å². The van der Waals surface area contributed by atoms with Gasteiger partial charge in [0.1, 0.15) is 22.9 Å². The van der Waals surface area contributed by atoms with Gasteiger partial charge in [0.2, 0.25) is 11.7 Å². The van der Waals surface area contributed by atoms with Gasteiger partial charge in [-0.1, -0.05) is 15.9 Å². The Bertz CT molecular complexity index is 850. The first-order valence-corrected chi connectivity index (χ1v) is 9.96. The van der Waals surface area contributed by atoms with Gasteiger partial charge in [-0.3, -0.25) is 14.5 Å². The smallest absolute Gasteiger partial charge is 0.373 e. The first kappa shape index (κ1) is 19.5. The van der Waals surface area contributed by atoms with Crippen molar-refractivity contribution in [2.45, 2.75) is 17.8 Å². The third-order valence-corrected chi connectivity index (χ3v) is 5.97. The van der Waals surface area contributed by atoms with Crippen LogP contribution in [-0.4, -0.2) is 63.4 Å². The molecule has 0 radical (unpaired) electrons. The van der Waals surface area contributed by atoms with E-state index in [-0.39, 0.29) is 29.1 Å². The van der Waals surface area contributed by atoms with Crippen molar-refractivity contribution in [1.29, 1.82) is 0 Å². The van der Waals surface area contributed by atoms with Crippen molar-refractivity contribution in [2.75, 3.05) is 18.2 Å². The molecule has 1 aromatic rings. The highest BCUT2D eigenvalue weighted by Gasteiger charge is 2.54. The van der Waals surface area contributed by atoms with E-state index < -0.39 is 29.3 Å². The first-order chi connectivity index (χ1) is 12.9. The van der Waals surface area contributed by atoms with Crippen molar-refractivity contribution in [2.24, 2.45) is 0 Å². The molecule has 0 spiro atoms. The molecule has 2 atom stereocenters. The number of β-lactam (4-membered cyclic amide) rings is 1. The van der Waals surface area contributed by atoms with Gasteiger partial charge < -0.3 is 19.6 Å². The average Bonchev–Trinajstić information content (AvgIpc) is 3.13. The lowest BCUT2D eigenvalue weighted by molar-refractivity contribution is -0.150. The summed E-state index contributed by atoms with van der Waals surface area (Å²) in [5.74, 6) is -1.91. The number of carboxylic acids is 1. The molecular weight excluding hydrogens is 444 g/mol.